The number of rotatable bonds is 3. The van der Waals surface area contributed by atoms with Gasteiger partial charge in [0.1, 0.15) is 11.6 Å². The third-order valence-electron chi connectivity index (χ3n) is 5.29. The average Bonchev–Trinajstić information content (AvgIpc) is 3.02. The molecule has 1 unspecified atom stereocenters. The van der Waals surface area contributed by atoms with E-state index in [1.54, 1.807) is 11.8 Å². The van der Waals surface area contributed by atoms with Crippen LogP contribution < -0.4 is 4.90 Å². The van der Waals surface area contributed by atoms with Crippen molar-refractivity contribution in [3.63, 3.8) is 0 Å². The summed E-state index contributed by atoms with van der Waals surface area (Å²) in [4.78, 5) is 13.1. The van der Waals surface area contributed by atoms with Gasteiger partial charge in [0.2, 0.25) is 0 Å². The Labute approximate surface area is 191 Å². The van der Waals surface area contributed by atoms with E-state index in [-0.39, 0.29) is 5.92 Å². The Morgan fingerprint density at radius 3 is 2.76 bits per heavy atom. The minimum Gasteiger partial charge on any atom is -0.355 e. The molecule has 1 saturated heterocycles. The van der Waals surface area contributed by atoms with Crippen molar-refractivity contribution in [2.75, 3.05) is 24.2 Å². The average molecular weight is 535 g/mol. The summed E-state index contributed by atoms with van der Waals surface area (Å²) in [5, 5.41) is 10.5. The third kappa shape index (κ3) is 3.80. The molecule has 2 aromatic heterocycles. The number of hydrogen-bond acceptors (Lipinski definition) is 5. The van der Waals surface area contributed by atoms with E-state index in [9.17, 15) is 5.26 Å². The van der Waals surface area contributed by atoms with E-state index in [1.165, 1.54) is 0 Å². The van der Waals surface area contributed by atoms with E-state index < -0.39 is 0 Å². The van der Waals surface area contributed by atoms with Crippen LogP contribution >= 0.6 is 43.6 Å². The lowest BCUT2D eigenvalue weighted by molar-refractivity contribution is 0.491. The number of nitriles is 1. The van der Waals surface area contributed by atoms with E-state index >= 15 is 0 Å². The summed E-state index contributed by atoms with van der Waals surface area (Å²) >= 11 is 9.04. The van der Waals surface area contributed by atoms with Gasteiger partial charge in [0, 0.05) is 33.1 Å². The van der Waals surface area contributed by atoms with Crippen LogP contribution in [0.1, 0.15) is 24.2 Å². The van der Waals surface area contributed by atoms with Gasteiger partial charge in [-0.2, -0.15) is 5.26 Å². The molecular formula is C21H21Br2N5S. The van der Waals surface area contributed by atoms with E-state index in [0.717, 1.165) is 73.7 Å². The Morgan fingerprint density at radius 1 is 1.24 bits per heavy atom. The van der Waals surface area contributed by atoms with Gasteiger partial charge in [-0.3, -0.25) is 4.57 Å². The molecule has 1 aromatic carbocycles. The monoisotopic (exact) mass is 533 g/mol. The molecule has 0 radical (unpaired) electrons. The van der Waals surface area contributed by atoms with Crippen molar-refractivity contribution in [2.24, 2.45) is 5.92 Å². The van der Waals surface area contributed by atoms with Crippen molar-refractivity contribution in [1.29, 1.82) is 5.26 Å². The molecule has 0 aliphatic carbocycles. The number of piperidine rings is 1. The first-order valence-electron chi connectivity index (χ1n) is 9.47. The van der Waals surface area contributed by atoms with E-state index in [2.05, 4.69) is 78.9 Å². The van der Waals surface area contributed by atoms with Crippen molar-refractivity contribution >= 4 is 60.5 Å². The van der Waals surface area contributed by atoms with Gasteiger partial charge >= 0.3 is 0 Å². The van der Waals surface area contributed by atoms with Gasteiger partial charge in [0.25, 0.3) is 0 Å². The number of nitrogens with zero attached hydrogens (tertiary/aromatic N) is 5. The molecule has 0 saturated carbocycles. The summed E-state index contributed by atoms with van der Waals surface area (Å²) in [5.74, 6) is 1.74. The number of anilines is 1. The first kappa shape index (κ1) is 20.7. The number of hydrogen-bond donors (Lipinski definition) is 0. The molecule has 0 amide bonds. The molecule has 0 N–H and O–H groups in total. The Bertz CT molecular complexity index is 1130. The standard InChI is InChI=1S/C21H21Br2N5S/c1-12-10-28(19-16(23)7-15(22)8-17(19)29-3)21-18(12)20(25-13(2)26-21)27-6-4-5-14(9-24)11-27/h7-8,10,14H,4-6,11H2,1-3H3. The van der Waals surface area contributed by atoms with Gasteiger partial charge in [-0.05, 0) is 66.6 Å². The third-order valence-corrected chi connectivity index (χ3v) is 7.10. The lowest BCUT2D eigenvalue weighted by Crippen LogP contribution is -2.35. The Hall–Kier alpha value is -1.56. The molecule has 4 rings (SSSR count). The van der Waals surface area contributed by atoms with Crippen LogP contribution in [0.4, 0.5) is 5.82 Å². The number of fused-ring (bicyclic) bond motifs is 1. The fourth-order valence-corrected chi connectivity index (χ4v) is 6.34. The summed E-state index contributed by atoms with van der Waals surface area (Å²) in [6.07, 6.45) is 6.19. The van der Waals surface area contributed by atoms with Crippen LogP contribution in [0, 0.1) is 31.1 Å². The van der Waals surface area contributed by atoms with Crippen LogP contribution in [-0.4, -0.2) is 33.9 Å². The highest BCUT2D eigenvalue weighted by molar-refractivity contribution is 9.11. The molecule has 3 aromatic rings. The second kappa shape index (κ2) is 8.29. The normalized spacial score (nSPS) is 17.0. The Morgan fingerprint density at radius 2 is 2.03 bits per heavy atom. The maximum absolute atomic E-state index is 9.42. The highest BCUT2D eigenvalue weighted by atomic mass is 79.9. The van der Waals surface area contributed by atoms with Gasteiger partial charge in [0.05, 0.1) is 23.1 Å². The van der Waals surface area contributed by atoms with Gasteiger partial charge in [-0.25, -0.2) is 9.97 Å². The first-order valence-corrected chi connectivity index (χ1v) is 12.3. The van der Waals surface area contributed by atoms with Gasteiger partial charge in [-0.1, -0.05) is 15.9 Å². The minimum absolute atomic E-state index is 0.0557. The summed E-state index contributed by atoms with van der Waals surface area (Å²) in [5.41, 5.74) is 3.12. The number of aryl methyl sites for hydroxylation is 2. The quantitative estimate of drug-likeness (QED) is 0.384. The number of benzene rings is 1. The highest BCUT2D eigenvalue weighted by Gasteiger charge is 2.25. The van der Waals surface area contributed by atoms with Gasteiger partial charge in [0.15, 0.2) is 5.65 Å². The number of thioether (sulfide) groups is 1. The highest BCUT2D eigenvalue weighted by Crippen LogP contribution is 2.39. The maximum Gasteiger partial charge on any atom is 0.150 e. The van der Waals surface area contributed by atoms with Crippen LogP contribution in [0.15, 0.2) is 32.2 Å². The van der Waals surface area contributed by atoms with Crippen molar-refractivity contribution in [2.45, 2.75) is 31.6 Å². The van der Waals surface area contributed by atoms with E-state index in [4.69, 9.17) is 9.97 Å². The summed E-state index contributed by atoms with van der Waals surface area (Å²) < 4.78 is 4.21. The molecule has 5 nitrogen and oxygen atoms in total. The molecule has 1 atom stereocenters. The maximum atomic E-state index is 9.42. The van der Waals surface area contributed by atoms with Crippen LogP contribution in [-0.2, 0) is 0 Å². The lowest BCUT2D eigenvalue weighted by atomic mass is 9.99. The molecule has 150 valence electrons. The molecule has 8 heteroatoms. The number of halogens is 2. The van der Waals surface area contributed by atoms with E-state index in [1.807, 2.05) is 6.92 Å². The molecule has 1 fully saturated rings. The molecule has 0 spiro atoms. The van der Waals surface area contributed by atoms with Gasteiger partial charge in [-0.15, -0.1) is 11.8 Å². The molecule has 1 aliphatic heterocycles. The van der Waals surface area contributed by atoms with E-state index in [0.29, 0.717) is 0 Å². The predicted molar refractivity (Wildman–Crippen MR) is 126 cm³/mol. The SMILES string of the molecule is CSc1cc(Br)cc(Br)c1-n1cc(C)c2c(N3CCCC(C#N)C3)nc(C)nc21. The van der Waals surface area contributed by atoms with Gasteiger partial charge < -0.3 is 4.90 Å². The molecular weight excluding hydrogens is 514 g/mol. The van der Waals surface area contributed by atoms with Crippen molar-refractivity contribution in [3.8, 4) is 11.8 Å². The zero-order chi connectivity index (χ0) is 20.7. The summed E-state index contributed by atoms with van der Waals surface area (Å²) in [6.45, 7) is 5.70. The molecule has 29 heavy (non-hydrogen) atoms. The lowest BCUT2D eigenvalue weighted by Gasteiger charge is -2.31. The van der Waals surface area contributed by atoms with Crippen LogP contribution in [0.2, 0.25) is 0 Å². The minimum atomic E-state index is 0.0557. The topological polar surface area (TPSA) is 57.7 Å². The van der Waals surface area contributed by atoms with Crippen LogP contribution in [0.5, 0.6) is 0 Å². The predicted octanol–water partition coefficient (Wildman–Crippen LogP) is 6.02. The zero-order valence-corrected chi connectivity index (χ0v) is 20.5. The number of aromatic nitrogens is 3. The first-order chi connectivity index (χ1) is 13.9. The largest absolute Gasteiger partial charge is 0.355 e. The molecule has 1 aliphatic rings. The summed E-state index contributed by atoms with van der Waals surface area (Å²) in [6, 6.07) is 6.63. The summed E-state index contributed by atoms with van der Waals surface area (Å²) in [7, 11) is 0. The molecule has 0 bridgehead atoms. The van der Waals surface area contributed by atoms with Crippen LogP contribution in [0.25, 0.3) is 16.7 Å². The molecule has 3 heterocycles. The zero-order valence-electron chi connectivity index (χ0n) is 16.5. The second-order valence-corrected chi connectivity index (χ2v) is 9.95. The Balaban J connectivity index is 1.95. The van der Waals surface area contributed by atoms with Crippen LogP contribution in [0.3, 0.4) is 0 Å². The smallest absolute Gasteiger partial charge is 0.150 e. The van der Waals surface area contributed by atoms with Crippen molar-refractivity contribution < 1.29 is 0 Å². The van der Waals surface area contributed by atoms with Crippen molar-refractivity contribution in [1.82, 2.24) is 14.5 Å². The van der Waals surface area contributed by atoms with Crippen molar-refractivity contribution in [3.05, 3.63) is 38.7 Å². The Kier molecular flexibility index (Phi) is 5.92. The fourth-order valence-electron chi connectivity index (χ4n) is 4.00. The fraction of sp³-hybridized carbons (Fsp3) is 0.381. The second-order valence-electron chi connectivity index (χ2n) is 7.33.